The van der Waals surface area contributed by atoms with Crippen LogP contribution in [0.5, 0.6) is 0 Å². The zero-order valence-corrected chi connectivity index (χ0v) is 12.8. The molecule has 0 unspecified atom stereocenters. The van der Waals surface area contributed by atoms with Crippen LogP contribution in [0, 0.1) is 0 Å². The molecule has 0 aliphatic carbocycles. The van der Waals surface area contributed by atoms with Crippen LogP contribution in [0.4, 0.5) is 0 Å². The normalized spacial score (nSPS) is 12.1. The molecule has 0 saturated heterocycles. The Morgan fingerprint density at radius 3 is 2.74 bits per heavy atom. The van der Waals surface area contributed by atoms with Crippen LogP contribution in [0.3, 0.4) is 0 Å². The van der Waals surface area contributed by atoms with E-state index < -0.39 is 0 Å². The van der Waals surface area contributed by atoms with Crippen molar-refractivity contribution in [3.8, 4) is 0 Å². The Labute approximate surface area is 117 Å². The summed E-state index contributed by atoms with van der Waals surface area (Å²) >= 11 is 0. The summed E-state index contributed by atoms with van der Waals surface area (Å²) in [6.07, 6.45) is 4.88. The number of hydrogen-bond acceptors (Lipinski definition) is 3. The first-order chi connectivity index (χ1) is 8.99. The van der Waals surface area contributed by atoms with E-state index in [-0.39, 0.29) is 5.54 Å². The molecule has 3 nitrogen and oxygen atoms in total. The van der Waals surface area contributed by atoms with Crippen LogP contribution < -0.4 is 5.32 Å². The number of furan rings is 1. The number of nitrogens with one attached hydrogen (secondary N) is 1. The standard InChI is InChI=1S/C16H28N2O/c1-6-9-17-12-14-8-11-19-15(14)13-18(10-7-2)16(3,4)5/h7-8,11,17H,2,6,9-10,12-13H2,1,3-5H3. The third-order valence-corrected chi connectivity index (χ3v) is 3.21. The lowest BCUT2D eigenvalue weighted by Gasteiger charge is -2.34. The fourth-order valence-electron chi connectivity index (χ4n) is 1.97. The van der Waals surface area contributed by atoms with Gasteiger partial charge in [0.1, 0.15) is 5.76 Å². The van der Waals surface area contributed by atoms with Crippen molar-refractivity contribution in [2.75, 3.05) is 13.1 Å². The lowest BCUT2D eigenvalue weighted by atomic mass is 10.1. The van der Waals surface area contributed by atoms with Crippen molar-refractivity contribution in [3.05, 3.63) is 36.3 Å². The Kier molecular flexibility index (Phi) is 6.32. The summed E-state index contributed by atoms with van der Waals surface area (Å²) in [7, 11) is 0. The smallest absolute Gasteiger partial charge is 0.122 e. The minimum Gasteiger partial charge on any atom is -0.468 e. The molecule has 0 atom stereocenters. The SMILES string of the molecule is C=CCN(Cc1occc1CNCCC)C(C)(C)C. The maximum atomic E-state index is 5.65. The van der Waals surface area contributed by atoms with Crippen molar-refractivity contribution in [3.63, 3.8) is 0 Å². The van der Waals surface area contributed by atoms with Gasteiger partial charge in [-0.2, -0.15) is 0 Å². The van der Waals surface area contributed by atoms with Gasteiger partial charge in [-0.15, -0.1) is 6.58 Å². The predicted molar refractivity (Wildman–Crippen MR) is 81.1 cm³/mol. The highest BCUT2D eigenvalue weighted by molar-refractivity contribution is 5.17. The molecule has 0 saturated carbocycles. The molecule has 1 aromatic heterocycles. The minimum atomic E-state index is 0.106. The largest absolute Gasteiger partial charge is 0.468 e. The molecule has 0 bridgehead atoms. The zero-order valence-electron chi connectivity index (χ0n) is 12.8. The Bertz CT molecular complexity index is 376. The second kappa shape index (κ2) is 7.51. The van der Waals surface area contributed by atoms with Gasteiger partial charge < -0.3 is 9.73 Å². The van der Waals surface area contributed by atoms with Gasteiger partial charge in [-0.3, -0.25) is 4.90 Å². The monoisotopic (exact) mass is 264 g/mol. The van der Waals surface area contributed by atoms with Crippen molar-refractivity contribution in [1.82, 2.24) is 10.2 Å². The molecule has 1 heterocycles. The van der Waals surface area contributed by atoms with Crippen LogP contribution in [0.15, 0.2) is 29.4 Å². The highest BCUT2D eigenvalue weighted by Crippen LogP contribution is 2.20. The molecule has 1 N–H and O–H groups in total. The van der Waals surface area contributed by atoms with E-state index in [1.165, 1.54) is 5.56 Å². The average molecular weight is 264 g/mol. The first kappa shape index (κ1) is 16.0. The lowest BCUT2D eigenvalue weighted by Crippen LogP contribution is -2.41. The number of rotatable bonds is 8. The molecule has 19 heavy (non-hydrogen) atoms. The summed E-state index contributed by atoms with van der Waals surface area (Å²) in [6, 6.07) is 2.06. The van der Waals surface area contributed by atoms with E-state index in [1.807, 2.05) is 6.08 Å². The van der Waals surface area contributed by atoms with Crippen LogP contribution in [0.2, 0.25) is 0 Å². The maximum absolute atomic E-state index is 5.65. The number of nitrogens with zero attached hydrogens (tertiary/aromatic N) is 1. The van der Waals surface area contributed by atoms with E-state index in [4.69, 9.17) is 4.42 Å². The minimum absolute atomic E-state index is 0.106. The predicted octanol–water partition coefficient (Wildman–Crippen LogP) is 3.57. The van der Waals surface area contributed by atoms with Crippen LogP contribution in [0.1, 0.15) is 45.4 Å². The third-order valence-electron chi connectivity index (χ3n) is 3.21. The van der Waals surface area contributed by atoms with E-state index >= 15 is 0 Å². The first-order valence-corrected chi connectivity index (χ1v) is 7.11. The van der Waals surface area contributed by atoms with Crippen LogP contribution in [-0.2, 0) is 13.1 Å². The molecule has 0 aliphatic rings. The van der Waals surface area contributed by atoms with Crippen molar-refractivity contribution in [2.24, 2.45) is 0 Å². The highest BCUT2D eigenvalue weighted by Gasteiger charge is 2.22. The number of hydrogen-bond donors (Lipinski definition) is 1. The third kappa shape index (κ3) is 5.21. The van der Waals surface area contributed by atoms with Crippen molar-refractivity contribution >= 4 is 0 Å². The van der Waals surface area contributed by atoms with Crippen LogP contribution in [-0.4, -0.2) is 23.5 Å². The molecule has 0 amide bonds. The van der Waals surface area contributed by atoms with Gasteiger partial charge in [-0.1, -0.05) is 13.0 Å². The van der Waals surface area contributed by atoms with Gasteiger partial charge in [-0.05, 0) is 39.8 Å². The lowest BCUT2D eigenvalue weighted by molar-refractivity contribution is 0.134. The van der Waals surface area contributed by atoms with Gasteiger partial charge in [0.25, 0.3) is 0 Å². The fraction of sp³-hybridized carbons (Fsp3) is 0.625. The summed E-state index contributed by atoms with van der Waals surface area (Å²) in [4.78, 5) is 2.36. The molecule has 1 aromatic rings. The molecule has 0 fully saturated rings. The molecule has 0 spiro atoms. The van der Waals surface area contributed by atoms with Crippen LogP contribution in [0.25, 0.3) is 0 Å². The molecule has 3 heteroatoms. The topological polar surface area (TPSA) is 28.4 Å². The second-order valence-electron chi connectivity index (χ2n) is 5.89. The Balaban J connectivity index is 2.68. The molecule has 0 radical (unpaired) electrons. The van der Waals surface area contributed by atoms with E-state index in [1.54, 1.807) is 6.26 Å². The van der Waals surface area contributed by atoms with Gasteiger partial charge in [0.15, 0.2) is 0 Å². The highest BCUT2D eigenvalue weighted by atomic mass is 16.3. The Morgan fingerprint density at radius 2 is 2.16 bits per heavy atom. The van der Waals surface area contributed by atoms with Gasteiger partial charge in [0.2, 0.25) is 0 Å². The Morgan fingerprint density at radius 1 is 1.42 bits per heavy atom. The fourth-order valence-corrected chi connectivity index (χ4v) is 1.97. The molecule has 0 aromatic carbocycles. The van der Waals surface area contributed by atoms with Crippen LogP contribution >= 0.6 is 0 Å². The van der Waals surface area contributed by atoms with Gasteiger partial charge in [0, 0.05) is 24.2 Å². The summed E-state index contributed by atoms with van der Waals surface area (Å²) in [5.41, 5.74) is 1.36. The van der Waals surface area contributed by atoms with Crippen molar-refractivity contribution < 1.29 is 4.42 Å². The quantitative estimate of drug-likeness (QED) is 0.575. The van der Waals surface area contributed by atoms with E-state index in [9.17, 15) is 0 Å². The molecule has 1 rings (SSSR count). The summed E-state index contributed by atoms with van der Waals surface area (Å²) in [5.74, 6) is 1.06. The van der Waals surface area contributed by atoms with E-state index in [0.717, 1.165) is 38.4 Å². The maximum Gasteiger partial charge on any atom is 0.122 e. The molecular formula is C16H28N2O. The Hall–Kier alpha value is -1.06. The second-order valence-corrected chi connectivity index (χ2v) is 5.89. The van der Waals surface area contributed by atoms with Gasteiger partial charge in [0.05, 0.1) is 12.8 Å². The van der Waals surface area contributed by atoms with Gasteiger partial charge >= 0.3 is 0 Å². The zero-order chi connectivity index (χ0) is 14.3. The van der Waals surface area contributed by atoms with Crippen molar-refractivity contribution in [2.45, 2.75) is 52.7 Å². The van der Waals surface area contributed by atoms with Gasteiger partial charge in [-0.25, -0.2) is 0 Å². The molecular weight excluding hydrogens is 236 g/mol. The summed E-state index contributed by atoms with van der Waals surface area (Å²) in [6.45, 7) is 16.3. The average Bonchev–Trinajstić information content (AvgIpc) is 2.75. The summed E-state index contributed by atoms with van der Waals surface area (Å²) in [5, 5.41) is 3.42. The molecule has 108 valence electrons. The molecule has 0 aliphatic heterocycles. The van der Waals surface area contributed by atoms with Crippen molar-refractivity contribution in [1.29, 1.82) is 0 Å². The van der Waals surface area contributed by atoms with E-state index in [2.05, 4.69) is 50.6 Å². The first-order valence-electron chi connectivity index (χ1n) is 7.11. The van der Waals surface area contributed by atoms with E-state index in [0.29, 0.717) is 0 Å². The summed E-state index contributed by atoms with van der Waals surface area (Å²) < 4.78 is 5.65.